The van der Waals surface area contributed by atoms with Crippen LogP contribution >= 0.6 is 0 Å². The average molecular weight is 398 g/mol. The molecule has 0 aromatic heterocycles. The van der Waals surface area contributed by atoms with Crippen molar-refractivity contribution in [2.75, 3.05) is 6.61 Å². The molecule has 0 radical (unpaired) electrons. The number of esters is 2. The van der Waals surface area contributed by atoms with Gasteiger partial charge in [0.1, 0.15) is 17.2 Å². The molecule has 160 valence electrons. The molecule has 0 aliphatic carbocycles. The van der Waals surface area contributed by atoms with Crippen molar-refractivity contribution in [1.82, 2.24) is 4.90 Å². The Morgan fingerprint density at radius 2 is 1.61 bits per heavy atom. The minimum Gasteiger partial charge on any atom is -0.466 e. The number of carbonyl (C=O) groups excluding carboxylic acids is 3. The van der Waals surface area contributed by atoms with Crippen LogP contribution in [0.25, 0.3) is 0 Å². The van der Waals surface area contributed by atoms with Crippen LogP contribution in [0.15, 0.2) is 12.2 Å². The van der Waals surface area contributed by atoms with Crippen LogP contribution in [0.4, 0.5) is 4.79 Å². The predicted octanol–water partition coefficient (Wildman–Crippen LogP) is 3.85. The molecule has 1 aliphatic rings. The summed E-state index contributed by atoms with van der Waals surface area (Å²) in [6, 6.07) is -1.09. The smallest absolute Gasteiger partial charge is 0.411 e. The molecule has 0 bridgehead atoms. The van der Waals surface area contributed by atoms with Crippen molar-refractivity contribution < 1.29 is 28.6 Å². The molecule has 0 saturated carbocycles. The lowest BCUT2D eigenvalue weighted by Crippen LogP contribution is -2.48. The summed E-state index contributed by atoms with van der Waals surface area (Å²) in [5.74, 6) is -0.864. The Hall–Kier alpha value is -2.05. The fourth-order valence-electron chi connectivity index (χ4n) is 3.21. The zero-order valence-electron chi connectivity index (χ0n) is 18.4. The van der Waals surface area contributed by atoms with E-state index >= 15 is 0 Å². The molecule has 3 atom stereocenters. The second kappa shape index (κ2) is 9.43. The third-order valence-electron chi connectivity index (χ3n) is 4.13. The molecule has 0 spiro atoms. The van der Waals surface area contributed by atoms with Gasteiger partial charge in [0.25, 0.3) is 0 Å². The van der Waals surface area contributed by atoms with Crippen LogP contribution < -0.4 is 0 Å². The van der Waals surface area contributed by atoms with E-state index in [4.69, 9.17) is 14.2 Å². The first-order valence-electron chi connectivity index (χ1n) is 9.75. The van der Waals surface area contributed by atoms with E-state index in [-0.39, 0.29) is 24.5 Å². The fourth-order valence-corrected chi connectivity index (χ4v) is 3.21. The highest BCUT2D eigenvalue weighted by molar-refractivity contribution is 5.83. The molecule has 1 aliphatic heterocycles. The number of rotatable bonds is 5. The molecule has 28 heavy (non-hydrogen) atoms. The average Bonchev–Trinajstić information content (AvgIpc) is 2.83. The third-order valence-corrected chi connectivity index (χ3v) is 4.13. The van der Waals surface area contributed by atoms with E-state index in [0.717, 1.165) is 0 Å². The molecular weight excluding hydrogens is 362 g/mol. The zero-order chi connectivity index (χ0) is 21.7. The van der Waals surface area contributed by atoms with Gasteiger partial charge >= 0.3 is 18.0 Å². The molecule has 7 nitrogen and oxygen atoms in total. The first-order valence-corrected chi connectivity index (χ1v) is 9.75. The van der Waals surface area contributed by atoms with E-state index in [9.17, 15) is 14.4 Å². The van der Waals surface area contributed by atoms with Gasteiger partial charge < -0.3 is 14.2 Å². The summed E-state index contributed by atoms with van der Waals surface area (Å²) in [6.45, 7) is 14.2. The van der Waals surface area contributed by atoms with Gasteiger partial charge in [0.2, 0.25) is 0 Å². The van der Waals surface area contributed by atoms with Gasteiger partial charge in [-0.25, -0.2) is 9.59 Å². The van der Waals surface area contributed by atoms with Crippen molar-refractivity contribution >= 4 is 18.0 Å². The Kier molecular flexibility index (Phi) is 8.08. The largest absolute Gasteiger partial charge is 0.466 e. The van der Waals surface area contributed by atoms with Gasteiger partial charge in [-0.1, -0.05) is 12.2 Å². The van der Waals surface area contributed by atoms with Gasteiger partial charge in [-0.2, -0.15) is 0 Å². The van der Waals surface area contributed by atoms with Gasteiger partial charge in [0, 0.05) is 6.92 Å². The third kappa shape index (κ3) is 7.52. The number of allylic oxidation sites excluding steroid dienone is 1. The molecule has 1 rings (SSSR count). The normalized spacial score (nSPS) is 23.0. The van der Waals surface area contributed by atoms with Gasteiger partial charge in [0.05, 0.1) is 12.6 Å². The van der Waals surface area contributed by atoms with Crippen LogP contribution in [0.3, 0.4) is 0 Å². The Morgan fingerprint density at radius 1 is 1.04 bits per heavy atom. The number of hydrogen-bond acceptors (Lipinski definition) is 6. The van der Waals surface area contributed by atoms with Crippen molar-refractivity contribution in [3.8, 4) is 0 Å². The molecule has 1 fully saturated rings. The molecule has 0 aromatic rings. The summed E-state index contributed by atoms with van der Waals surface area (Å²) in [4.78, 5) is 38.3. The molecule has 1 amide bonds. The van der Waals surface area contributed by atoms with Crippen LogP contribution in [-0.4, -0.2) is 52.8 Å². The van der Waals surface area contributed by atoms with E-state index in [1.807, 2.05) is 19.1 Å². The van der Waals surface area contributed by atoms with Gasteiger partial charge in [-0.15, -0.1) is 0 Å². The zero-order valence-corrected chi connectivity index (χ0v) is 18.4. The maximum absolute atomic E-state index is 12.9. The maximum atomic E-state index is 12.9. The first kappa shape index (κ1) is 24.0. The lowest BCUT2D eigenvalue weighted by atomic mass is 9.95. The number of carbonyl (C=O) groups is 3. The molecule has 0 unspecified atom stereocenters. The number of nitrogens with zero attached hydrogens (tertiary/aromatic N) is 1. The van der Waals surface area contributed by atoms with Crippen molar-refractivity contribution in [3.63, 3.8) is 0 Å². The fraction of sp³-hybridized carbons (Fsp3) is 0.762. The lowest BCUT2D eigenvalue weighted by Gasteiger charge is -2.32. The molecule has 1 heterocycles. The van der Waals surface area contributed by atoms with Crippen LogP contribution in [0.5, 0.6) is 0 Å². The molecular formula is C21H35NO6. The SMILES string of the molecule is C/C=C\[C@@H]1[C@@H](CCOC(C)=O)C[C@@H](C(=O)OC(C)(C)C)N1C(=O)OC(C)(C)C. The highest BCUT2D eigenvalue weighted by Gasteiger charge is 2.48. The van der Waals surface area contributed by atoms with Crippen molar-refractivity contribution in [2.45, 2.75) is 91.5 Å². The van der Waals surface area contributed by atoms with Crippen molar-refractivity contribution in [3.05, 3.63) is 12.2 Å². The second-order valence-electron chi connectivity index (χ2n) is 9.08. The summed E-state index contributed by atoms with van der Waals surface area (Å²) in [7, 11) is 0. The van der Waals surface area contributed by atoms with Crippen LogP contribution in [0.2, 0.25) is 0 Å². The van der Waals surface area contributed by atoms with Crippen molar-refractivity contribution in [1.29, 1.82) is 0 Å². The summed E-state index contributed by atoms with van der Waals surface area (Å²) in [5, 5.41) is 0. The summed E-state index contributed by atoms with van der Waals surface area (Å²) < 4.78 is 16.2. The number of likely N-dealkylation sites (tertiary alicyclic amines) is 1. The van der Waals surface area contributed by atoms with Crippen molar-refractivity contribution in [2.24, 2.45) is 5.92 Å². The quantitative estimate of drug-likeness (QED) is 0.398. The monoisotopic (exact) mass is 397 g/mol. The lowest BCUT2D eigenvalue weighted by molar-refractivity contribution is -0.160. The van der Waals surface area contributed by atoms with Gasteiger partial charge in [-0.3, -0.25) is 9.69 Å². The Morgan fingerprint density at radius 3 is 2.07 bits per heavy atom. The van der Waals surface area contributed by atoms with Crippen LogP contribution in [0.1, 0.15) is 68.2 Å². The Balaban J connectivity index is 3.15. The second-order valence-corrected chi connectivity index (χ2v) is 9.08. The minimum atomic E-state index is -0.752. The van der Waals surface area contributed by atoms with E-state index < -0.39 is 29.3 Å². The highest BCUT2D eigenvalue weighted by Crippen LogP contribution is 2.36. The minimum absolute atomic E-state index is 0.0550. The summed E-state index contributed by atoms with van der Waals surface area (Å²) >= 11 is 0. The van der Waals surface area contributed by atoms with Crippen LogP contribution in [0, 0.1) is 5.92 Å². The summed E-state index contributed by atoms with van der Waals surface area (Å²) in [5.41, 5.74) is -1.35. The topological polar surface area (TPSA) is 82.1 Å². The van der Waals surface area contributed by atoms with E-state index in [0.29, 0.717) is 12.8 Å². The number of amides is 1. The Bertz CT molecular complexity index is 599. The Labute approximate surface area is 168 Å². The first-order chi connectivity index (χ1) is 12.7. The van der Waals surface area contributed by atoms with E-state index in [2.05, 4.69) is 0 Å². The van der Waals surface area contributed by atoms with Crippen LogP contribution in [-0.2, 0) is 23.8 Å². The van der Waals surface area contributed by atoms with Gasteiger partial charge in [0.15, 0.2) is 0 Å². The van der Waals surface area contributed by atoms with Gasteiger partial charge in [-0.05, 0) is 67.2 Å². The highest BCUT2D eigenvalue weighted by atomic mass is 16.6. The maximum Gasteiger partial charge on any atom is 0.411 e. The number of hydrogen-bond donors (Lipinski definition) is 0. The van der Waals surface area contributed by atoms with E-state index in [1.54, 1.807) is 41.5 Å². The molecule has 0 aromatic carbocycles. The molecule has 0 N–H and O–H groups in total. The molecule has 1 saturated heterocycles. The predicted molar refractivity (Wildman–Crippen MR) is 106 cm³/mol. The summed E-state index contributed by atoms with van der Waals surface area (Å²) in [6.07, 6.45) is 4.13. The number of ether oxygens (including phenoxy) is 3. The standard InChI is InChI=1S/C21H35NO6/c1-9-10-16-15(11-12-26-14(2)23)13-17(18(24)27-20(3,4)5)22(16)19(25)28-21(6,7)8/h9-10,15-17H,11-13H2,1-8H3/b10-9-/t15-,16+,17-/m0/s1. The van der Waals surface area contributed by atoms with E-state index in [1.165, 1.54) is 11.8 Å². The molecule has 7 heteroatoms.